The molecule has 0 aliphatic rings. The number of aromatic nitrogens is 1. The molecule has 1 aromatic carbocycles. The van der Waals surface area contributed by atoms with E-state index < -0.39 is 11.5 Å². The summed E-state index contributed by atoms with van der Waals surface area (Å²) in [6.07, 6.45) is 0. The Hall–Kier alpha value is -2.56. The van der Waals surface area contributed by atoms with Gasteiger partial charge in [0.15, 0.2) is 0 Å². The second-order valence-electron chi connectivity index (χ2n) is 4.49. The highest BCUT2D eigenvalue weighted by Gasteiger charge is 2.13. The van der Waals surface area contributed by atoms with Crippen LogP contribution in [-0.2, 0) is 7.05 Å². The monoisotopic (exact) mass is 273 g/mol. The Bertz CT molecular complexity index is 731. The molecule has 0 aliphatic heterocycles. The van der Waals surface area contributed by atoms with E-state index in [0.29, 0.717) is 5.69 Å². The van der Waals surface area contributed by atoms with E-state index in [-0.39, 0.29) is 5.56 Å². The minimum absolute atomic E-state index is 0.235. The Morgan fingerprint density at radius 3 is 2.50 bits per heavy atom. The van der Waals surface area contributed by atoms with Crippen LogP contribution in [0.2, 0.25) is 0 Å². The number of aromatic carboxylic acids is 1. The summed E-state index contributed by atoms with van der Waals surface area (Å²) in [6, 6.07) is 8.51. The molecular formula is C15H15NO4. The Labute approximate surface area is 116 Å². The standard InChI is InChI=1S/C15H15NO4/c1-9-8-10(4-7-13(9)20-3)12-6-5-11(15(18)19)14(17)16(12)2/h4-8H,1-3H3,(H,18,19). The minimum atomic E-state index is -1.22. The van der Waals surface area contributed by atoms with E-state index in [1.807, 2.05) is 25.1 Å². The van der Waals surface area contributed by atoms with Crippen LogP contribution in [0.5, 0.6) is 5.75 Å². The van der Waals surface area contributed by atoms with Gasteiger partial charge in [-0.2, -0.15) is 0 Å². The second-order valence-corrected chi connectivity index (χ2v) is 4.49. The fourth-order valence-electron chi connectivity index (χ4n) is 2.13. The van der Waals surface area contributed by atoms with Crippen LogP contribution in [-0.4, -0.2) is 22.8 Å². The highest BCUT2D eigenvalue weighted by Crippen LogP contribution is 2.25. The van der Waals surface area contributed by atoms with Gasteiger partial charge in [0.1, 0.15) is 11.3 Å². The molecule has 0 amide bonds. The Morgan fingerprint density at radius 1 is 1.25 bits per heavy atom. The van der Waals surface area contributed by atoms with Crippen molar-refractivity contribution in [3.8, 4) is 17.0 Å². The second kappa shape index (κ2) is 5.21. The van der Waals surface area contributed by atoms with Crippen molar-refractivity contribution in [2.45, 2.75) is 6.92 Å². The van der Waals surface area contributed by atoms with Gasteiger partial charge in [0.05, 0.1) is 12.8 Å². The minimum Gasteiger partial charge on any atom is -0.496 e. The number of carboxylic acids is 1. The third-order valence-corrected chi connectivity index (χ3v) is 3.23. The molecule has 0 aliphatic carbocycles. The summed E-state index contributed by atoms with van der Waals surface area (Å²) in [6.45, 7) is 1.91. The van der Waals surface area contributed by atoms with E-state index >= 15 is 0 Å². The van der Waals surface area contributed by atoms with Crippen molar-refractivity contribution in [1.82, 2.24) is 4.57 Å². The molecular weight excluding hydrogens is 258 g/mol. The molecule has 0 saturated heterocycles. The van der Waals surface area contributed by atoms with Crippen LogP contribution in [0.15, 0.2) is 35.1 Å². The number of carbonyl (C=O) groups is 1. The predicted molar refractivity (Wildman–Crippen MR) is 75.4 cm³/mol. The molecule has 20 heavy (non-hydrogen) atoms. The maximum atomic E-state index is 12.0. The first-order chi connectivity index (χ1) is 9.45. The molecule has 0 fully saturated rings. The van der Waals surface area contributed by atoms with Gasteiger partial charge in [-0.3, -0.25) is 4.79 Å². The lowest BCUT2D eigenvalue weighted by atomic mass is 10.1. The van der Waals surface area contributed by atoms with Gasteiger partial charge < -0.3 is 14.4 Å². The van der Waals surface area contributed by atoms with E-state index in [1.54, 1.807) is 20.2 Å². The molecule has 0 atom stereocenters. The summed E-state index contributed by atoms with van der Waals surface area (Å²) >= 11 is 0. The number of hydrogen-bond donors (Lipinski definition) is 1. The van der Waals surface area contributed by atoms with E-state index in [2.05, 4.69) is 0 Å². The lowest BCUT2D eigenvalue weighted by Crippen LogP contribution is -2.25. The summed E-state index contributed by atoms with van der Waals surface area (Å²) in [4.78, 5) is 22.9. The topological polar surface area (TPSA) is 68.5 Å². The predicted octanol–water partition coefficient (Wildman–Crippen LogP) is 2.07. The van der Waals surface area contributed by atoms with Crippen molar-refractivity contribution >= 4 is 5.97 Å². The SMILES string of the molecule is COc1ccc(-c2ccc(C(=O)O)c(=O)n2C)cc1C. The summed E-state index contributed by atoms with van der Waals surface area (Å²) < 4.78 is 6.53. The number of methoxy groups -OCH3 is 1. The first-order valence-corrected chi connectivity index (χ1v) is 6.04. The molecule has 5 heteroatoms. The van der Waals surface area contributed by atoms with E-state index in [1.165, 1.54) is 10.6 Å². The van der Waals surface area contributed by atoms with Crippen molar-refractivity contribution in [2.75, 3.05) is 7.11 Å². The summed E-state index contributed by atoms with van der Waals surface area (Å²) in [5.41, 5.74) is 1.68. The van der Waals surface area contributed by atoms with Gasteiger partial charge in [-0.05, 0) is 48.4 Å². The first kappa shape index (κ1) is 13.9. The number of hydrogen-bond acceptors (Lipinski definition) is 3. The van der Waals surface area contributed by atoms with Gasteiger partial charge >= 0.3 is 5.97 Å². The van der Waals surface area contributed by atoms with Crippen molar-refractivity contribution in [2.24, 2.45) is 7.05 Å². The molecule has 104 valence electrons. The summed E-state index contributed by atoms with van der Waals surface area (Å²) in [5, 5.41) is 8.93. The number of carboxylic acid groups (broad SMARTS) is 1. The molecule has 0 bridgehead atoms. The van der Waals surface area contributed by atoms with Gasteiger partial charge in [0, 0.05) is 7.05 Å². The maximum Gasteiger partial charge on any atom is 0.341 e. The number of nitrogens with zero attached hydrogens (tertiary/aromatic N) is 1. The van der Waals surface area contributed by atoms with Crippen LogP contribution >= 0.6 is 0 Å². The van der Waals surface area contributed by atoms with Crippen LogP contribution in [0.4, 0.5) is 0 Å². The lowest BCUT2D eigenvalue weighted by Gasteiger charge is -2.11. The quantitative estimate of drug-likeness (QED) is 0.929. The first-order valence-electron chi connectivity index (χ1n) is 6.04. The number of ether oxygens (including phenoxy) is 1. The molecule has 2 rings (SSSR count). The van der Waals surface area contributed by atoms with Gasteiger partial charge in [-0.1, -0.05) is 0 Å². The number of pyridine rings is 1. The molecule has 1 aromatic heterocycles. The largest absolute Gasteiger partial charge is 0.496 e. The van der Waals surface area contributed by atoms with Crippen LogP contribution in [0.1, 0.15) is 15.9 Å². The van der Waals surface area contributed by atoms with E-state index in [9.17, 15) is 9.59 Å². The zero-order valence-electron chi connectivity index (χ0n) is 11.5. The highest BCUT2D eigenvalue weighted by atomic mass is 16.5. The van der Waals surface area contributed by atoms with Crippen LogP contribution < -0.4 is 10.3 Å². The summed E-state index contributed by atoms with van der Waals surface area (Å²) in [7, 11) is 3.16. The zero-order valence-corrected chi connectivity index (χ0v) is 11.5. The molecule has 0 saturated carbocycles. The molecule has 0 spiro atoms. The van der Waals surface area contributed by atoms with Crippen molar-refractivity contribution < 1.29 is 14.6 Å². The highest BCUT2D eigenvalue weighted by molar-refractivity contribution is 5.87. The summed E-state index contributed by atoms with van der Waals surface area (Å²) in [5.74, 6) is -0.455. The third-order valence-electron chi connectivity index (χ3n) is 3.23. The van der Waals surface area contributed by atoms with Crippen molar-refractivity contribution in [3.05, 3.63) is 51.8 Å². The molecule has 0 unspecified atom stereocenters. The maximum absolute atomic E-state index is 12.0. The van der Waals surface area contributed by atoms with Crippen LogP contribution in [0.3, 0.4) is 0 Å². The average molecular weight is 273 g/mol. The van der Waals surface area contributed by atoms with Gasteiger partial charge in [-0.25, -0.2) is 4.79 Å². The molecule has 0 radical (unpaired) electrons. The number of aryl methyl sites for hydroxylation is 1. The number of rotatable bonds is 3. The third kappa shape index (κ3) is 2.30. The van der Waals surface area contributed by atoms with Crippen molar-refractivity contribution in [3.63, 3.8) is 0 Å². The molecule has 5 nitrogen and oxygen atoms in total. The van der Waals surface area contributed by atoms with E-state index in [4.69, 9.17) is 9.84 Å². The smallest absolute Gasteiger partial charge is 0.341 e. The van der Waals surface area contributed by atoms with Gasteiger partial charge in [-0.15, -0.1) is 0 Å². The van der Waals surface area contributed by atoms with Crippen molar-refractivity contribution in [1.29, 1.82) is 0 Å². The number of benzene rings is 1. The van der Waals surface area contributed by atoms with E-state index in [0.717, 1.165) is 16.9 Å². The van der Waals surface area contributed by atoms with Crippen LogP contribution in [0, 0.1) is 6.92 Å². The molecule has 2 aromatic rings. The molecule has 1 N–H and O–H groups in total. The normalized spacial score (nSPS) is 10.3. The fourth-order valence-corrected chi connectivity index (χ4v) is 2.13. The zero-order chi connectivity index (χ0) is 14.9. The Morgan fingerprint density at radius 2 is 1.95 bits per heavy atom. The fraction of sp³-hybridized carbons (Fsp3) is 0.200. The average Bonchev–Trinajstić information content (AvgIpc) is 2.41. The van der Waals surface area contributed by atoms with Crippen LogP contribution in [0.25, 0.3) is 11.3 Å². The Kier molecular flexibility index (Phi) is 3.61. The lowest BCUT2D eigenvalue weighted by molar-refractivity contribution is 0.0694. The van der Waals surface area contributed by atoms with Gasteiger partial charge in [0.2, 0.25) is 0 Å². The van der Waals surface area contributed by atoms with Gasteiger partial charge in [0.25, 0.3) is 5.56 Å². The Balaban J connectivity index is 2.60. The molecule has 1 heterocycles.